The molecule has 1 saturated carbocycles. The lowest BCUT2D eigenvalue weighted by Gasteiger charge is -2.43. The number of rotatable bonds is 4. The molecule has 1 heteroatoms. The summed E-state index contributed by atoms with van der Waals surface area (Å²) in [5.74, 6) is 0.946. The van der Waals surface area contributed by atoms with Crippen LogP contribution in [0.25, 0.3) is 0 Å². The van der Waals surface area contributed by atoms with E-state index in [9.17, 15) is 0 Å². The highest BCUT2D eigenvalue weighted by Crippen LogP contribution is 2.46. The average Bonchev–Trinajstić information content (AvgIpc) is 2.39. The molecule has 2 aliphatic rings. The molecular weight excluding hydrogens is 218 g/mol. The summed E-state index contributed by atoms with van der Waals surface area (Å²) in [6.07, 6.45) is 13.8. The minimum absolute atomic E-state index is 0.511. The van der Waals surface area contributed by atoms with Crippen LogP contribution in [0, 0.1) is 11.3 Å². The van der Waals surface area contributed by atoms with Gasteiger partial charge in [0.1, 0.15) is 0 Å². The van der Waals surface area contributed by atoms with E-state index in [1.165, 1.54) is 57.9 Å². The predicted octanol–water partition coefficient (Wildman–Crippen LogP) is 4.68. The van der Waals surface area contributed by atoms with E-state index >= 15 is 0 Å². The number of allylic oxidation sites excluding steroid dienone is 1. The zero-order chi connectivity index (χ0) is 13.0. The summed E-state index contributed by atoms with van der Waals surface area (Å²) in [6, 6.07) is 0.616. The van der Waals surface area contributed by atoms with Gasteiger partial charge in [0.2, 0.25) is 0 Å². The molecule has 2 rings (SSSR count). The fourth-order valence-electron chi connectivity index (χ4n) is 3.65. The molecule has 0 amide bonds. The summed E-state index contributed by atoms with van der Waals surface area (Å²) in [5.41, 5.74) is 2.31. The first-order valence-electron chi connectivity index (χ1n) is 8.05. The third-order valence-corrected chi connectivity index (χ3v) is 5.05. The number of nitrogens with one attached hydrogen (secondary N) is 1. The van der Waals surface area contributed by atoms with Crippen molar-refractivity contribution in [2.45, 2.75) is 78.2 Å². The monoisotopic (exact) mass is 249 g/mol. The molecule has 2 aliphatic carbocycles. The van der Waals surface area contributed by atoms with E-state index in [1.807, 2.05) is 0 Å². The van der Waals surface area contributed by atoms with Crippen molar-refractivity contribution < 1.29 is 0 Å². The summed E-state index contributed by atoms with van der Waals surface area (Å²) in [6.45, 7) is 8.18. The molecule has 0 aliphatic heterocycles. The molecule has 0 aromatic heterocycles. The van der Waals surface area contributed by atoms with Gasteiger partial charge in [0.15, 0.2) is 0 Å². The largest absolute Gasteiger partial charge is 0.314 e. The molecule has 0 heterocycles. The lowest BCUT2D eigenvalue weighted by atomic mass is 9.64. The maximum atomic E-state index is 3.73. The van der Waals surface area contributed by atoms with Gasteiger partial charge in [-0.25, -0.2) is 0 Å². The Balaban J connectivity index is 2.08. The molecular formula is C17H31N. The topological polar surface area (TPSA) is 12.0 Å². The van der Waals surface area contributed by atoms with Crippen LogP contribution in [0.5, 0.6) is 0 Å². The average molecular weight is 249 g/mol. The third-order valence-electron chi connectivity index (χ3n) is 5.05. The van der Waals surface area contributed by atoms with E-state index in [0.717, 1.165) is 5.92 Å². The molecule has 0 spiro atoms. The molecule has 0 radical (unpaired) electrons. The Morgan fingerprint density at radius 1 is 1.28 bits per heavy atom. The van der Waals surface area contributed by atoms with Crippen LogP contribution in [0.1, 0.15) is 72.1 Å². The molecule has 1 fully saturated rings. The van der Waals surface area contributed by atoms with Crippen molar-refractivity contribution >= 4 is 0 Å². The standard InChI is InChI=1S/C17H31N/c1-14(2)18-13-17(11-9-15(3)10-12-17)16-7-5-4-6-8-16/h7,14-15,18H,4-6,8-13H2,1-3H3. The van der Waals surface area contributed by atoms with Gasteiger partial charge in [-0.15, -0.1) is 0 Å². The fourth-order valence-corrected chi connectivity index (χ4v) is 3.65. The fraction of sp³-hybridized carbons (Fsp3) is 0.882. The Morgan fingerprint density at radius 2 is 2.00 bits per heavy atom. The predicted molar refractivity (Wildman–Crippen MR) is 79.8 cm³/mol. The summed E-state index contributed by atoms with van der Waals surface area (Å²) in [7, 11) is 0. The smallest absolute Gasteiger partial charge is 0.00476 e. The first-order valence-corrected chi connectivity index (χ1v) is 8.05. The zero-order valence-corrected chi connectivity index (χ0v) is 12.6. The third kappa shape index (κ3) is 3.38. The second-order valence-electron chi connectivity index (χ2n) is 6.97. The Bertz CT molecular complexity index is 282. The maximum absolute atomic E-state index is 3.73. The van der Waals surface area contributed by atoms with Crippen LogP contribution in [0.2, 0.25) is 0 Å². The summed E-state index contributed by atoms with van der Waals surface area (Å²) >= 11 is 0. The van der Waals surface area contributed by atoms with Crippen molar-refractivity contribution in [1.29, 1.82) is 0 Å². The molecule has 104 valence electrons. The first-order chi connectivity index (χ1) is 8.62. The highest BCUT2D eigenvalue weighted by Gasteiger charge is 2.37. The van der Waals surface area contributed by atoms with Crippen molar-refractivity contribution in [3.63, 3.8) is 0 Å². The van der Waals surface area contributed by atoms with Crippen molar-refractivity contribution in [3.05, 3.63) is 11.6 Å². The molecule has 1 N–H and O–H groups in total. The SMILES string of the molecule is CC1CCC(CNC(C)C)(C2=CCCCC2)CC1. The van der Waals surface area contributed by atoms with Crippen LogP contribution in [0.15, 0.2) is 11.6 Å². The molecule has 0 bridgehead atoms. The summed E-state index contributed by atoms with van der Waals surface area (Å²) in [4.78, 5) is 0. The van der Waals surface area contributed by atoms with Crippen LogP contribution < -0.4 is 5.32 Å². The van der Waals surface area contributed by atoms with E-state index in [-0.39, 0.29) is 0 Å². The van der Waals surface area contributed by atoms with E-state index < -0.39 is 0 Å². The van der Waals surface area contributed by atoms with E-state index in [1.54, 1.807) is 5.57 Å². The van der Waals surface area contributed by atoms with Crippen molar-refractivity contribution in [2.24, 2.45) is 11.3 Å². The highest BCUT2D eigenvalue weighted by atomic mass is 14.9. The second-order valence-corrected chi connectivity index (χ2v) is 6.97. The molecule has 0 aromatic carbocycles. The van der Waals surface area contributed by atoms with Crippen molar-refractivity contribution in [2.75, 3.05) is 6.54 Å². The van der Waals surface area contributed by atoms with E-state index in [0.29, 0.717) is 11.5 Å². The van der Waals surface area contributed by atoms with Crippen molar-refractivity contribution in [3.8, 4) is 0 Å². The zero-order valence-electron chi connectivity index (χ0n) is 12.6. The van der Waals surface area contributed by atoms with E-state index in [4.69, 9.17) is 0 Å². The Morgan fingerprint density at radius 3 is 2.56 bits per heavy atom. The Hall–Kier alpha value is -0.300. The van der Waals surface area contributed by atoms with E-state index in [2.05, 4.69) is 32.2 Å². The molecule has 0 aromatic rings. The lowest BCUT2D eigenvalue weighted by Crippen LogP contribution is -2.41. The normalized spacial score (nSPS) is 33.6. The minimum Gasteiger partial charge on any atom is -0.314 e. The molecule has 0 unspecified atom stereocenters. The van der Waals surface area contributed by atoms with Gasteiger partial charge in [0, 0.05) is 18.0 Å². The quantitative estimate of drug-likeness (QED) is 0.713. The van der Waals surface area contributed by atoms with Gasteiger partial charge in [-0.3, -0.25) is 0 Å². The minimum atomic E-state index is 0.511. The summed E-state index contributed by atoms with van der Waals surface area (Å²) in [5, 5.41) is 3.73. The van der Waals surface area contributed by atoms with Crippen LogP contribution in [-0.4, -0.2) is 12.6 Å². The van der Waals surface area contributed by atoms with Crippen LogP contribution in [0.4, 0.5) is 0 Å². The van der Waals surface area contributed by atoms with Gasteiger partial charge in [0.05, 0.1) is 0 Å². The van der Waals surface area contributed by atoms with Gasteiger partial charge in [-0.2, -0.15) is 0 Å². The van der Waals surface area contributed by atoms with Crippen molar-refractivity contribution in [1.82, 2.24) is 5.32 Å². The van der Waals surface area contributed by atoms with Gasteiger partial charge in [-0.05, 0) is 57.3 Å². The van der Waals surface area contributed by atoms with Gasteiger partial charge in [-0.1, -0.05) is 32.4 Å². The molecule has 0 atom stereocenters. The van der Waals surface area contributed by atoms with Gasteiger partial charge in [0.25, 0.3) is 0 Å². The summed E-state index contributed by atoms with van der Waals surface area (Å²) < 4.78 is 0. The molecule has 18 heavy (non-hydrogen) atoms. The molecule has 1 nitrogen and oxygen atoms in total. The number of hydrogen-bond donors (Lipinski definition) is 1. The highest BCUT2D eigenvalue weighted by molar-refractivity contribution is 5.18. The van der Waals surface area contributed by atoms with Gasteiger partial charge < -0.3 is 5.32 Å². The van der Waals surface area contributed by atoms with Crippen LogP contribution in [-0.2, 0) is 0 Å². The number of hydrogen-bond acceptors (Lipinski definition) is 1. The van der Waals surface area contributed by atoms with Gasteiger partial charge >= 0.3 is 0 Å². The second kappa shape index (κ2) is 6.23. The van der Waals surface area contributed by atoms with Crippen LogP contribution in [0.3, 0.4) is 0 Å². The Labute approximate surface area is 113 Å². The molecule has 0 saturated heterocycles. The maximum Gasteiger partial charge on any atom is 0.00476 e. The lowest BCUT2D eigenvalue weighted by molar-refractivity contribution is 0.180. The first kappa shape index (κ1) is 14.1. The Kier molecular flexibility index (Phi) is 4.89. The van der Waals surface area contributed by atoms with Crippen LogP contribution >= 0.6 is 0 Å².